The molecular weight excluding hydrogens is 272 g/mol. The number of nitrogens with one attached hydrogen (secondary N) is 1. The summed E-state index contributed by atoms with van der Waals surface area (Å²) < 4.78 is 27.0. The molecule has 0 saturated heterocycles. The van der Waals surface area contributed by atoms with E-state index in [0.29, 0.717) is 13.0 Å². The van der Waals surface area contributed by atoms with Gasteiger partial charge in [-0.05, 0) is 24.6 Å². The minimum Gasteiger partial charge on any atom is -0.506 e. The maximum atomic E-state index is 11.8. The Morgan fingerprint density at radius 3 is 2.53 bits per heavy atom. The fraction of sp³-hybridized carbons (Fsp3) is 0.364. The fourth-order valence-corrected chi connectivity index (χ4v) is 2.43. The first-order valence-electron chi connectivity index (χ1n) is 5.58. The third-order valence-corrected chi connectivity index (χ3v) is 3.91. The first-order valence-corrected chi connectivity index (χ1v) is 7.02. The molecule has 0 heterocycles. The molecule has 19 heavy (non-hydrogen) atoms. The van der Waals surface area contributed by atoms with Crippen LogP contribution in [0.1, 0.15) is 23.7 Å². The summed E-state index contributed by atoms with van der Waals surface area (Å²) in [5.74, 6) is -1.64. The minimum atomic E-state index is -3.76. The average Bonchev–Trinajstić information content (AvgIpc) is 2.31. The summed E-state index contributed by atoms with van der Waals surface area (Å²) in [5.41, 5.74) is -0.185. The zero-order valence-electron chi connectivity index (χ0n) is 10.6. The number of benzene rings is 1. The standard InChI is InChI=1S/C11H16N2O5S/c1-3-6-13(2)19(17,18)12-9-5-4-8(11(15)16)7-10(9)14/h4-5,7,12,14H,3,6H2,1-2H3,(H,15,16). The van der Waals surface area contributed by atoms with Gasteiger partial charge in [0.1, 0.15) is 5.75 Å². The van der Waals surface area contributed by atoms with E-state index in [1.165, 1.54) is 19.2 Å². The number of phenolic OH excluding ortho intramolecular Hbond substituents is 1. The number of carboxylic acids is 1. The smallest absolute Gasteiger partial charge is 0.335 e. The largest absolute Gasteiger partial charge is 0.506 e. The number of hydrogen-bond acceptors (Lipinski definition) is 4. The minimum absolute atomic E-state index is 0.0621. The van der Waals surface area contributed by atoms with E-state index in [9.17, 15) is 18.3 Å². The Labute approximate surface area is 111 Å². The molecule has 0 spiro atoms. The molecule has 0 amide bonds. The van der Waals surface area contributed by atoms with Crippen molar-refractivity contribution < 1.29 is 23.4 Å². The van der Waals surface area contributed by atoms with Gasteiger partial charge >= 0.3 is 16.2 Å². The topological polar surface area (TPSA) is 107 Å². The number of hydrogen-bond donors (Lipinski definition) is 3. The Bertz CT molecular complexity index is 570. The molecule has 1 aromatic rings. The summed E-state index contributed by atoms with van der Waals surface area (Å²) in [6, 6.07) is 3.40. The van der Waals surface area contributed by atoms with Crippen LogP contribution in [0.15, 0.2) is 18.2 Å². The SMILES string of the molecule is CCCN(C)S(=O)(=O)Nc1ccc(C(=O)O)cc1O. The summed E-state index contributed by atoms with van der Waals surface area (Å²) in [7, 11) is -2.34. The van der Waals surface area contributed by atoms with E-state index in [-0.39, 0.29) is 11.3 Å². The molecule has 3 N–H and O–H groups in total. The molecule has 8 heteroatoms. The molecule has 0 unspecified atom stereocenters. The molecule has 0 atom stereocenters. The van der Waals surface area contributed by atoms with Crippen LogP contribution in [0.25, 0.3) is 0 Å². The van der Waals surface area contributed by atoms with Crippen LogP contribution in [0.5, 0.6) is 5.75 Å². The molecule has 0 fully saturated rings. The highest BCUT2D eigenvalue weighted by Crippen LogP contribution is 2.25. The molecule has 106 valence electrons. The number of phenols is 1. The highest BCUT2D eigenvalue weighted by molar-refractivity contribution is 7.90. The van der Waals surface area contributed by atoms with E-state index in [0.717, 1.165) is 10.4 Å². The highest BCUT2D eigenvalue weighted by Gasteiger charge is 2.18. The van der Waals surface area contributed by atoms with Gasteiger partial charge in [0.05, 0.1) is 11.3 Å². The molecular formula is C11H16N2O5S. The Balaban J connectivity index is 2.97. The molecule has 1 rings (SSSR count). The molecule has 7 nitrogen and oxygen atoms in total. The van der Waals surface area contributed by atoms with Gasteiger partial charge < -0.3 is 10.2 Å². The first-order chi connectivity index (χ1) is 8.77. The number of carbonyl (C=O) groups is 1. The van der Waals surface area contributed by atoms with E-state index in [1.54, 1.807) is 0 Å². The predicted molar refractivity (Wildman–Crippen MR) is 70.5 cm³/mol. The number of rotatable bonds is 6. The monoisotopic (exact) mass is 288 g/mol. The zero-order valence-corrected chi connectivity index (χ0v) is 11.4. The molecule has 0 aliphatic rings. The van der Waals surface area contributed by atoms with Crippen molar-refractivity contribution in [3.8, 4) is 5.75 Å². The van der Waals surface area contributed by atoms with E-state index in [1.807, 2.05) is 6.92 Å². The van der Waals surface area contributed by atoms with Gasteiger partial charge in [0, 0.05) is 13.6 Å². The quantitative estimate of drug-likeness (QED) is 0.679. The van der Waals surface area contributed by atoms with Gasteiger partial charge in [-0.3, -0.25) is 4.72 Å². The second-order valence-electron chi connectivity index (χ2n) is 3.97. The van der Waals surface area contributed by atoms with Crippen LogP contribution < -0.4 is 4.72 Å². The van der Waals surface area contributed by atoms with Crippen molar-refractivity contribution in [1.82, 2.24) is 4.31 Å². The van der Waals surface area contributed by atoms with Gasteiger partial charge in [0.25, 0.3) is 0 Å². The van der Waals surface area contributed by atoms with E-state index in [2.05, 4.69) is 4.72 Å². The lowest BCUT2D eigenvalue weighted by molar-refractivity contribution is 0.0696. The Kier molecular flexibility index (Phi) is 4.73. The van der Waals surface area contributed by atoms with Gasteiger partial charge in [-0.1, -0.05) is 6.92 Å². The number of carboxylic acid groups (broad SMARTS) is 1. The van der Waals surface area contributed by atoms with E-state index in [4.69, 9.17) is 5.11 Å². The lowest BCUT2D eigenvalue weighted by atomic mass is 10.2. The fourth-order valence-electron chi connectivity index (χ4n) is 1.40. The van der Waals surface area contributed by atoms with Crippen molar-refractivity contribution in [3.63, 3.8) is 0 Å². The predicted octanol–water partition coefficient (Wildman–Crippen LogP) is 1.09. The van der Waals surface area contributed by atoms with Crippen molar-refractivity contribution in [2.24, 2.45) is 0 Å². The number of nitrogens with zero attached hydrogens (tertiary/aromatic N) is 1. The third kappa shape index (κ3) is 3.83. The van der Waals surface area contributed by atoms with Crippen molar-refractivity contribution in [1.29, 1.82) is 0 Å². The average molecular weight is 288 g/mol. The van der Waals surface area contributed by atoms with Gasteiger partial charge in [-0.25, -0.2) is 4.79 Å². The molecule has 0 radical (unpaired) electrons. The van der Waals surface area contributed by atoms with Crippen LogP contribution in [-0.4, -0.2) is 42.5 Å². The Morgan fingerprint density at radius 2 is 2.05 bits per heavy atom. The Morgan fingerprint density at radius 1 is 1.42 bits per heavy atom. The van der Waals surface area contributed by atoms with Crippen LogP contribution in [0.3, 0.4) is 0 Å². The van der Waals surface area contributed by atoms with Crippen molar-refractivity contribution in [2.45, 2.75) is 13.3 Å². The van der Waals surface area contributed by atoms with Gasteiger partial charge in [-0.2, -0.15) is 12.7 Å². The third-order valence-electron chi connectivity index (χ3n) is 2.43. The van der Waals surface area contributed by atoms with Gasteiger partial charge in [0.15, 0.2) is 0 Å². The molecule has 0 saturated carbocycles. The molecule has 0 aromatic heterocycles. The van der Waals surface area contributed by atoms with E-state index < -0.39 is 21.9 Å². The maximum Gasteiger partial charge on any atom is 0.335 e. The first kappa shape index (κ1) is 15.3. The molecule has 0 aliphatic heterocycles. The lowest BCUT2D eigenvalue weighted by Crippen LogP contribution is -2.33. The highest BCUT2D eigenvalue weighted by atomic mass is 32.2. The zero-order chi connectivity index (χ0) is 14.6. The maximum absolute atomic E-state index is 11.8. The number of anilines is 1. The number of aromatic hydroxyl groups is 1. The molecule has 1 aromatic carbocycles. The van der Waals surface area contributed by atoms with Crippen LogP contribution in [0, 0.1) is 0 Å². The summed E-state index contributed by atoms with van der Waals surface area (Å²) in [6.07, 6.45) is 0.654. The summed E-state index contributed by atoms with van der Waals surface area (Å²) >= 11 is 0. The van der Waals surface area contributed by atoms with Crippen LogP contribution >= 0.6 is 0 Å². The Hall–Kier alpha value is -1.80. The van der Waals surface area contributed by atoms with Crippen LogP contribution in [-0.2, 0) is 10.2 Å². The van der Waals surface area contributed by atoms with E-state index >= 15 is 0 Å². The van der Waals surface area contributed by atoms with Crippen molar-refractivity contribution >= 4 is 21.9 Å². The van der Waals surface area contributed by atoms with Crippen molar-refractivity contribution in [2.75, 3.05) is 18.3 Å². The summed E-state index contributed by atoms with van der Waals surface area (Å²) in [4.78, 5) is 10.7. The second kappa shape index (κ2) is 5.89. The summed E-state index contributed by atoms with van der Waals surface area (Å²) in [5, 5.41) is 18.3. The van der Waals surface area contributed by atoms with Crippen LogP contribution in [0.2, 0.25) is 0 Å². The molecule has 0 aliphatic carbocycles. The van der Waals surface area contributed by atoms with Gasteiger partial charge in [0.2, 0.25) is 0 Å². The molecule has 0 bridgehead atoms. The normalized spacial score (nSPS) is 11.5. The second-order valence-corrected chi connectivity index (χ2v) is 5.74. The number of aromatic carboxylic acids is 1. The summed E-state index contributed by atoms with van der Waals surface area (Å²) in [6.45, 7) is 2.18. The van der Waals surface area contributed by atoms with Crippen LogP contribution in [0.4, 0.5) is 5.69 Å². The van der Waals surface area contributed by atoms with Gasteiger partial charge in [-0.15, -0.1) is 0 Å². The lowest BCUT2D eigenvalue weighted by Gasteiger charge is -2.18. The van der Waals surface area contributed by atoms with Crippen molar-refractivity contribution in [3.05, 3.63) is 23.8 Å².